The first-order valence-corrected chi connectivity index (χ1v) is 8.00. The Morgan fingerprint density at radius 2 is 2.05 bits per heavy atom. The van der Waals surface area contributed by atoms with Crippen molar-refractivity contribution >= 4 is 17.5 Å². The van der Waals surface area contributed by atoms with Gasteiger partial charge in [-0.15, -0.1) is 0 Å². The molecule has 0 aliphatic carbocycles. The highest BCUT2D eigenvalue weighted by Crippen LogP contribution is 2.30. The van der Waals surface area contributed by atoms with Crippen molar-refractivity contribution in [2.24, 2.45) is 0 Å². The topological polar surface area (TPSA) is 33.2 Å². The molecule has 114 valence electrons. The number of halogens is 1. The van der Waals surface area contributed by atoms with Crippen LogP contribution in [0, 0.1) is 0 Å². The van der Waals surface area contributed by atoms with Gasteiger partial charge in [0.25, 0.3) is 0 Å². The van der Waals surface area contributed by atoms with Crippen molar-refractivity contribution in [3.63, 3.8) is 0 Å². The van der Waals surface area contributed by atoms with E-state index in [9.17, 15) is 4.79 Å². The normalized spacial score (nSPS) is 18.3. The molecule has 22 heavy (non-hydrogen) atoms. The molecule has 0 unspecified atom stereocenters. The summed E-state index contributed by atoms with van der Waals surface area (Å²) < 4.78 is 0. The van der Waals surface area contributed by atoms with Crippen LogP contribution in [-0.4, -0.2) is 28.9 Å². The van der Waals surface area contributed by atoms with Crippen LogP contribution >= 0.6 is 11.6 Å². The van der Waals surface area contributed by atoms with Gasteiger partial charge in [-0.05, 0) is 31.0 Å². The molecule has 3 rings (SSSR count). The molecule has 2 aromatic rings. The largest absolute Gasteiger partial charge is 0.342 e. The molecule has 4 heteroatoms. The van der Waals surface area contributed by atoms with Gasteiger partial charge in [-0.25, -0.2) is 0 Å². The number of piperidine rings is 1. The van der Waals surface area contributed by atoms with E-state index in [2.05, 4.69) is 6.07 Å². The molecule has 1 aromatic heterocycles. The first-order valence-electron chi connectivity index (χ1n) is 7.62. The number of amides is 1. The number of carbonyl (C=O) groups is 1. The molecular weight excluding hydrogens is 296 g/mol. The van der Waals surface area contributed by atoms with E-state index in [1.807, 2.05) is 41.3 Å². The summed E-state index contributed by atoms with van der Waals surface area (Å²) in [6, 6.07) is 13.8. The van der Waals surface area contributed by atoms with E-state index in [-0.39, 0.29) is 5.91 Å². The van der Waals surface area contributed by atoms with Gasteiger partial charge >= 0.3 is 0 Å². The van der Waals surface area contributed by atoms with Gasteiger partial charge in [-0.3, -0.25) is 9.78 Å². The fourth-order valence-corrected chi connectivity index (χ4v) is 3.23. The summed E-state index contributed by atoms with van der Waals surface area (Å²) in [5.41, 5.74) is 2.89. The minimum absolute atomic E-state index is 0.145. The van der Waals surface area contributed by atoms with Crippen LogP contribution in [0.5, 0.6) is 0 Å². The van der Waals surface area contributed by atoms with Crippen molar-refractivity contribution < 1.29 is 4.79 Å². The minimum atomic E-state index is 0.145. The summed E-state index contributed by atoms with van der Waals surface area (Å²) in [6.45, 7) is 3.25. The lowest BCUT2D eigenvalue weighted by molar-refractivity contribution is -0.130. The minimum Gasteiger partial charge on any atom is -0.342 e. The molecule has 1 fully saturated rings. The predicted molar refractivity (Wildman–Crippen MR) is 88.9 cm³/mol. The average molecular weight is 315 g/mol. The lowest BCUT2D eigenvalue weighted by atomic mass is 9.94. The lowest BCUT2D eigenvalue weighted by Crippen LogP contribution is -2.37. The Bertz CT molecular complexity index is 686. The number of pyridine rings is 1. The van der Waals surface area contributed by atoms with Crippen LogP contribution in [-0.2, 0) is 4.79 Å². The zero-order chi connectivity index (χ0) is 15.5. The highest BCUT2D eigenvalue weighted by molar-refractivity contribution is 6.33. The summed E-state index contributed by atoms with van der Waals surface area (Å²) in [6.07, 6.45) is 2.10. The Morgan fingerprint density at radius 3 is 2.82 bits per heavy atom. The Hall–Kier alpha value is -1.87. The summed E-state index contributed by atoms with van der Waals surface area (Å²) >= 11 is 6.27. The maximum atomic E-state index is 11.6. The van der Waals surface area contributed by atoms with Crippen molar-refractivity contribution in [3.8, 4) is 11.3 Å². The Labute approximate surface area is 135 Å². The number of carbonyl (C=O) groups excluding carboxylic acids is 1. The number of aromatic nitrogens is 1. The number of benzene rings is 1. The van der Waals surface area contributed by atoms with Gasteiger partial charge in [0.15, 0.2) is 0 Å². The van der Waals surface area contributed by atoms with E-state index in [1.54, 1.807) is 6.92 Å². The Kier molecular flexibility index (Phi) is 4.44. The van der Waals surface area contributed by atoms with E-state index in [0.717, 1.165) is 42.9 Å². The van der Waals surface area contributed by atoms with Crippen molar-refractivity contribution in [2.75, 3.05) is 13.1 Å². The third kappa shape index (κ3) is 3.14. The molecule has 1 amide bonds. The fourth-order valence-electron chi connectivity index (χ4n) is 3.00. The second-order valence-corrected chi connectivity index (χ2v) is 6.14. The third-order valence-corrected chi connectivity index (χ3v) is 4.54. The van der Waals surface area contributed by atoms with Crippen molar-refractivity contribution in [2.45, 2.75) is 25.7 Å². The summed E-state index contributed by atoms with van der Waals surface area (Å²) in [7, 11) is 0. The first kappa shape index (κ1) is 15.0. The maximum Gasteiger partial charge on any atom is 0.219 e. The van der Waals surface area contributed by atoms with Crippen LogP contribution in [0.25, 0.3) is 11.3 Å². The van der Waals surface area contributed by atoms with Gasteiger partial charge in [0.2, 0.25) is 5.91 Å². The number of likely N-dealkylation sites (tertiary alicyclic amines) is 1. The molecule has 1 aromatic carbocycles. The summed E-state index contributed by atoms with van der Waals surface area (Å²) in [4.78, 5) is 18.3. The van der Waals surface area contributed by atoms with Gasteiger partial charge in [-0.2, -0.15) is 0 Å². The van der Waals surface area contributed by atoms with Crippen LogP contribution in [0.15, 0.2) is 42.5 Å². The summed E-state index contributed by atoms with van der Waals surface area (Å²) in [5, 5.41) is 0.709. The first-order chi connectivity index (χ1) is 10.6. The van der Waals surface area contributed by atoms with Gasteiger partial charge in [0.1, 0.15) is 0 Å². The van der Waals surface area contributed by atoms with Crippen molar-refractivity contribution in [1.29, 1.82) is 0 Å². The highest BCUT2D eigenvalue weighted by atomic mass is 35.5. The maximum absolute atomic E-state index is 11.6. The molecule has 2 heterocycles. The van der Waals surface area contributed by atoms with E-state index in [4.69, 9.17) is 16.6 Å². The van der Waals surface area contributed by atoms with Crippen LogP contribution in [0.2, 0.25) is 5.02 Å². The monoisotopic (exact) mass is 314 g/mol. The van der Waals surface area contributed by atoms with Crippen LogP contribution in [0.1, 0.15) is 31.4 Å². The zero-order valence-electron chi connectivity index (χ0n) is 12.6. The van der Waals surface area contributed by atoms with Crippen molar-refractivity contribution in [1.82, 2.24) is 9.88 Å². The second kappa shape index (κ2) is 6.49. The quantitative estimate of drug-likeness (QED) is 0.835. The predicted octanol–water partition coefficient (Wildman–Crippen LogP) is 4.13. The van der Waals surface area contributed by atoms with E-state index >= 15 is 0 Å². The second-order valence-electron chi connectivity index (χ2n) is 5.73. The van der Waals surface area contributed by atoms with Crippen LogP contribution in [0.4, 0.5) is 0 Å². The Morgan fingerprint density at radius 1 is 1.23 bits per heavy atom. The van der Waals surface area contributed by atoms with E-state index in [1.165, 1.54) is 0 Å². The molecule has 1 aliphatic heterocycles. The third-order valence-electron chi connectivity index (χ3n) is 4.21. The fraction of sp³-hybridized carbons (Fsp3) is 0.333. The smallest absolute Gasteiger partial charge is 0.219 e. The van der Waals surface area contributed by atoms with Gasteiger partial charge in [-0.1, -0.05) is 35.9 Å². The molecule has 1 atom stereocenters. The van der Waals surface area contributed by atoms with Gasteiger partial charge in [0, 0.05) is 42.2 Å². The summed E-state index contributed by atoms with van der Waals surface area (Å²) in [5.74, 6) is 0.451. The number of hydrogen-bond donors (Lipinski definition) is 0. The van der Waals surface area contributed by atoms with Gasteiger partial charge < -0.3 is 4.90 Å². The number of hydrogen-bond acceptors (Lipinski definition) is 2. The van der Waals surface area contributed by atoms with Crippen LogP contribution in [0.3, 0.4) is 0 Å². The molecule has 1 saturated heterocycles. The molecule has 0 spiro atoms. The van der Waals surface area contributed by atoms with Crippen molar-refractivity contribution in [3.05, 3.63) is 53.2 Å². The molecule has 0 N–H and O–H groups in total. The number of rotatable bonds is 2. The SMILES string of the molecule is CC(=O)N1CCC[C@H](c2cccc(-c3ccccc3Cl)n2)C1. The van der Waals surface area contributed by atoms with E-state index in [0.29, 0.717) is 10.9 Å². The highest BCUT2D eigenvalue weighted by Gasteiger charge is 2.24. The molecular formula is C18H19ClN2O. The van der Waals surface area contributed by atoms with Gasteiger partial charge in [0.05, 0.1) is 5.69 Å². The lowest BCUT2D eigenvalue weighted by Gasteiger charge is -2.31. The molecule has 3 nitrogen and oxygen atoms in total. The average Bonchev–Trinajstić information content (AvgIpc) is 2.55. The van der Waals surface area contributed by atoms with Crippen LogP contribution < -0.4 is 0 Å². The molecule has 0 saturated carbocycles. The van der Waals surface area contributed by atoms with E-state index < -0.39 is 0 Å². The Balaban J connectivity index is 1.88. The standard InChI is InChI=1S/C18H19ClN2O/c1-13(22)21-11-5-6-14(12-21)17-9-4-10-18(20-17)15-7-2-3-8-16(15)19/h2-4,7-10,14H,5-6,11-12H2,1H3/t14-/m0/s1. The molecule has 0 bridgehead atoms. The number of nitrogens with zero attached hydrogens (tertiary/aromatic N) is 2. The molecule has 1 aliphatic rings. The zero-order valence-corrected chi connectivity index (χ0v) is 13.4. The molecule has 0 radical (unpaired) electrons.